The molecule has 7 aromatic carbocycles. The first kappa shape index (κ1) is 31.8. The maximum Gasteiger partial charge on any atom is 0.346 e. The van der Waals surface area contributed by atoms with Gasteiger partial charge in [-0.1, -0.05) is 84.9 Å². The summed E-state index contributed by atoms with van der Waals surface area (Å²) in [6.07, 6.45) is -0.891. The number of amides is 2. The van der Waals surface area contributed by atoms with E-state index in [1.807, 2.05) is 121 Å². The third-order valence-corrected chi connectivity index (χ3v) is 10.8. The van der Waals surface area contributed by atoms with Gasteiger partial charge in [0.05, 0.1) is 22.9 Å². The molecule has 0 saturated carbocycles. The van der Waals surface area contributed by atoms with Gasteiger partial charge in [-0.3, -0.25) is 9.59 Å². The first-order chi connectivity index (χ1) is 27.4. The van der Waals surface area contributed by atoms with Gasteiger partial charge in [0, 0.05) is 57.3 Å². The Balaban J connectivity index is 1.19. The summed E-state index contributed by atoms with van der Waals surface area (Å²) >= 11 is 0. The molecule has 0 N–H and O–H groups in total. The van der Waals surface area contributed by atoms with Gasteiger partial charge in [0.15, 0.2) is 0 Å². The number of para-hydroxylation sites is 4. The number of rotatable bonds is 5. The zero-order valence-electron chi connectivity index (χ0n) is 29.4. The average molecular weight is 730 g/mol. The average Bonchev–Trinajstić information content (AvgIpc) is 3.82. The van der Waals surface area contributed by atoms with Gasteiger partial charge < -0.3 is 4.74 Å². The van der Waals surface area contributed by atoms with Crippen LogP contribution in [0, 0.1) is 0 Å². The van der Waals surface area contributed by atoms with Crippen molar-refractivity contribution in [2.75, 3.05) is 4.90 Å². The van der Waals surface area contributed by atoms with Crippen LogP contribution >= 0.6 is 0 Å². The van der Waals surface area contributed by atoms with Gasteiger partial charge in [0.1, 0.15) is 10.7 Å². The van der Waals surface area contributed by atoms with Crippen molar-refractivity contribution >= 4 is 51.6 Å². The SMILES string of the molecule is O=C1OC(=O)c2ccc3c4c(ccc1c24)C(=O)N(c1cc([N+]2=c4ccccc4=NC2c2ccccc2)cc([N+]2=c4ccccc4=NC2c2ccccc2)c1)C3=O. The van der Waals surface area contributed by atoms with E-state index in [0.29, 0.717) is 17.1 Å². The normalized spacial score (nSPS) is 17.8. The molecule has 10 heteroatoms. The molecule has 0 saturated heterocycles. The molecular formula is C46H27N5O5+2. The number of hydrogen-bond acceptors (Lipinski definition) is 7. The second-order valence-electron chi connectivity index (χ2n) is 13.9. The molecule has 4 aliphatic heterocycles. The summed E-state index contributed by atoms with van der Waals surface area (Å²) in [6, 6.07) is 47.6. The number of benzene rings is 7. The molecule has 11 rings (SSSR count). The molecule has 7 aromatic rings. The minimum absolute atomic E-state index is 0.130. The highest BCUT2D eigenvalue weighted by Gasteiger charge is 2.41. The van der Waals surface area contributed by atoms with E-state index in [2.05, 4.69) is 15.2 Å². The Hall–Kier alpha value is -7.72. The lowest BCUT2D eigenvalue weighted by molar-refractivity contribution is 0.0390. The smallest absolute Gasteiger partial charge is 0.346 e. The summed E-state index contributed by atoms with van der Waals surface area (Å²) in [5, 5.41) is 3.87. The van der Waals surface area contributed by atoms with Crippen molar-refractivity contribution in [1.82, 2.24) is 9.15 Å². The van der Waals surface area contributed by atoms with Crippen LogP contribution in [0.5, 0.6) is 0 Å². The first-order valence-electron chi connectivity index (χ1n) is 18.1. The lowest BCUT2D eigenvalue weighted by Gasteiger charge is -2.29. The van der Waals surface area contributed by atoms with E-state index in [4.69, 9.17) is 14.7 Å². The number of hydrogen-bond donors (Lipinski definition) is 0. The van der Waals surface area contributed by atoms with Crippen LogP contribution in [0.25, 0.3) is 10.8 Å². The molecule has 0 radical (unpaired) electrons. The van der Waals surface area contributed by atoms with Crippen molar-refractivity contribution in [3.8, 4) is 0 Å². The second kappa shape index (κ2) is 11.9. The Morgan fingerprint density at radius 2 is 0.875 bits per heavy atom. The van der Waals surface area contributed by atoms with Crippen LogP contribution in [0.4, 0.5) is 17.1 Å². The predicted molar refractivity (Wildman–Crippen MR) is 206 cm³/mol. The van der Waals surface area contributed by atoms with Gasteiger partial charge in [0.2, 0.25) is 22.1 Å². The second-order valence-corrected chi connectivity index (χ2v) is 13.9. The van der Waals surface area contributed by atoms with E-state index in [1.165, 1.54) is 29.2 Å². The third kappa shape index (κ3) is 4.56. The van der Waals surface area contributed by atoms with E-state index in [-0.39, 0.29) is 33.0 Å². The zero-order chi connectivity index (χ0) is 37.7. The number of imide groups is 1. The fourth-order valence-electron chi connectivity index (χ4n) is 8.40. The Morgan fingerprint density at radius 1 is 0.464 bits per heavy atom. The van der Waals surface area contributed by atoms with Crippen LogP contribution in [0.3, 0.4) is 0 Å². The molecule has 0 bridgehead atoms. The third-order valence-electron chi connectivity index (χ3n) is 10.8. The lowest BCUT2D eigenvalue weighted by Crippen LogP contribution is -2.41. The minimum Gasteiger partial charge on any atom is -0.386 e. The number of nitrogens with zero attached hydrogens (tertiary/aromatic N) is 5. The van der Waals surface area contributed by atoms with Crippen LogP contribution in [-0.2, 0) is 4.74 Å². The first-order valence-corrected chi connectivity index (χ1v) is 18.1. The molecule has 4 heterocycles. The quantitative estimate of drug-likeness (QED) is 0.104. The molecule has 4 aliphatic rings. The molecule has 0 aliphatic carbocycles. The van der Waals surface area contributed by atoms with Crippen molar-refractivity contribution in [3.63, 3.8) is 0 Å². The van der Waals surface area contributed by atoms with Crippen LogP contribution in [0.1, 0.15) is 64.9 Å². The Bertz CT molecular complexity index is 3010. The minimum atomic E-state index is -0.820. The number of carbonyl (C=O) groups excluding carboxylic acids is 4. The summed E-state index contributed by atoms with van der Waals surface area (Å²) in [7, 11) is 0. The molecule has 264 valence electrons. The van der Waals surface area contributed by atoms with Crippen LogP contribution in [0.2, 0.25) is 0 Å². The van der Waals surface area contributed by atoms with E-state index < -0.39 is 36.1 Å². The number of cyclic esters (lactones) is 2. The molecule has 0 spiro atoms. The Kier molecular flexibility index (Phi) is 6.75. The van der Waals surface area contributed by atoms with E-state index in [9.17, 15) is 19.2 Å². The molecule has 2 atom stereocenters. The van der Waals surface area contributed by atoms with Crippen molar-refractivity contribution in [1.29, 1.82) is 0 Å². The summed E-state index contributed by atoms with van der Waals surface area (Å²) in [6.45, 7) is 0. The van der Waals surface area contributed by atoms with Crippen LogP contribution < -0.4 is 35.5 Å². The molecular weight excluding hydrogens is 703 g/mol. The van der Waals surface area contributed by atoms with E-state index in [1.54, 1.807) is 0 Å². The summed E-state index contributed by atoms with van der Waals surface area (Å²) in [4.78, 5) is 66.6. The zero-order valence-corrected chi connectivity index (χ0v) is 29.4. The van der Waals surface area contributed by atoms with Gasteiger partial charge >= 0.3 is 11.9 Å². The Morgan fingerprint density at radius 3 is 1.36 bits per heavy atom. The lowest BCUT2D eigenvalue weighted by atomic mass is 9.87. The van der Waals surface area contributed by atoms with Crippen molar-refractivity contribution in [2.45, 2.75) is 12.3 Å². The molecule has 10 nitrogen and oxygen atoms in total. The fraction of sp³-hybridized carbons (Fsp3) is 0.0435. The summed E-state index contributed by atoms with van der Waals surface area (Å²) in [5.41, 5.74) is 4.30. The van der Waals surface area contributed by atoms with Gasteiger partial charge in [-0.15, -0.1) is 0 Å². The molecule has 0 aromatic heterocycles. The van der Waals surface area contributed by atoms with Gasteiger partial charge in [-0.25, -0.2) is 24.5 Å². The van der Waals surface area contributed by atoms with Gasteiger partial charge in [-0.05, 0) is 36.4 Å². The number of fused-ring (bicyclic) bond motifs is 2. The van der Waals surface area contributed by atoms with Crippen LogP contribution in [-0.4, -0.2) is 23.8 Å². The maximum absolute atomic E-state index is 14.8. The summed E-state index contributed by atoms with van der Waals surface area (Å²) < 4.78 is 9.21. The van der Waals surface area contributed by atoms with Crippen molar-refractivity contribution in [3.05, 3.63) is 206 Å². The highest BCUT2D eigenvalue weighted by Crippen LogP contribution is 2.41. The maximum atomic E-state index is 14.8. The fourth-order valence-corrected chi connectivity index (χ4v) is 8.40. The molecule has 2 amide bonds. The van der Waals surface area contributed by atoms with Crippen LogP contribution in [0.15, 0.2) is 162 Å². The standard InChI is InChI=1S/C46H27N5O5/c52-43-31-19-21-33-40-34(46(55)56-45(33)54)22-20-32(39(31)40)44(53)51(43)30-24-28(49-37-17-9-7-15-35(37)47-41(49)26-11-3-1-4-12-26)23-29(25-30)50-38-18-10-8-16-36(38)48-42(50)27-13-5-2-6-14-27/h1-25,41-42H/q+2. The number of carbonyl (C=O) groups is 4. The monoisotopic (exact) mass is 729 g/mol. The van der Waals surface area contributed by atoms with Crippen molar-refractivity contribution < 1.29 is 23.9 Å². The van der Waals surface area contributed by atoms with E-state index >= 15 is 0 Å². The molecule has 2 unspecified atom stereocenters. The van der Waals surface area contributed by atoms with Crippen molar-refractivity contribution in [2.24, 2.45) is 9.98 Å². The summed E-state index contributed by atoms with van der Waals surface area (Å²) in [5.74, 6) is -2.81. The topological polar surface area (TPSA) is 111 Å². The number of ether oxygens (including phenoxy) is 1. The predicted octanol–water partition coefficient (Wildman–Crippen LogP) is 5.26. The highest BCUT2D eigenvalue weighted by molar-refractivity contribution is 6.38. The number of anilines is 1. The molecule has 0 fully saturated rings. The van der Waals surface area contributed by atoms with Gasteiger partial charge in [0.25, 0.3) is 24.1 Å². The van der Waals surface area contributed by atoms with E-state index in [0.717, 1.165) is 32.6 Å². The largest absolute Gasteiger partial charge is 0.386 e. The number of esters is 2. The highest BCUT2D eigenvalue weighted by atomic mass is 16.6. The van der Waals surface area contributed by atoms with Gasteiger partial charge in [-0.2, -0.15) is 9.15 Å². The Labute approximate surface area is 317 Å². The molecule has 56 heavy (non-hydrogen) atoms.